The van der Waals surface area contributed by atoms with Crippen molar-refractivity contribution in [2.24, 2.45) is 0 Å². The Morgan fingerprint density at radius 1 is 0.833 bits per heavy atom. The predicted octanol–water partition coefficient (Wildman–Crippen LogP) is 5.29. The Bertz CT molecular complexity index is 1200. The normalized spacial score (nSPS) is 10.7. The van der Waals surface area contributed by atoms with E-state index in [4.69, 9.17) is 9.47 Å². The number of nitrogens with zero attached hydrogens (tertiary/aromatic N) is 2. The number of ether oxygens (including phenoxy) is 2. The number of benzene rings is 3. The minimum atomic E-state index is -0.0148. The summed E-state index contributed by atoms with van der Waals surface area (Å²) < 4.78 is 10.5. The van der Waals surface area contributed by atoms with E-state index in [1.807, 2.05) is 54.6 Å². The maximum Gasteiger partial charge on any atom is 0.173 e. The Morgan fingerprint density at radius 2 is 1.53 bits per heavy atom. The monoisotopic (exact) mass is 416 g/mol. The minimum Gasteiger partial charge on any atom is -0.493 e. The second-order valence-electron chi connectivity index (χ2n) is 6.55. The molecule has 0 aliphatic heterocycles. The standard InChI is InChI=1S/C24H20N2O3S/c1-28-21-13-12-17(14-22(21)29-2)20(27)15-30-24-19-11-7-6-10-18(19)23(25-26-24)16-8-4-3-5-9-16/h3-14H,15H2,1-2H3. The smallest absolute Gasteiger partial charge is 0.173 e. The SMILES string of the molecule is COc1ccc(C(=O)CSc2nnc(-c3ccccc3)c3ccccc23)cc1OC. The van der Waals surface area contributed by atoms with Gasteiger partial charge in [0.25, 0.3) is 0 Å². The molecule has 0 N–H and O–H groups in total. The van der Waals surface area contributed by atoms with E-state index >= 15 is 0 Å². The lowest BCUT2D eigenvalue weighted by atomic mass is 10.1. The third kappa shape index (κ3) is 4.00. The van der Waals surface area contributed by atoms with Crippen molar-refractivity contribution in [2.75, 3.05) is 20.0 Å². The van der Waals surface area contributed by atoms with Gasteiger partial charge in [-0.3, -0.25) is 4.79 Å². The van der Waals surface area contributed by atoms with E-state index in [2.05, 4.69) is 10.2 Å². The van der Waals surface area contributed by atoms with Crippen molar-refractivity contribution in [1.82, 2.24) is 10.2 Å². The zero-order chi connectivity index (χ0) is 20.9. The number of thioether (sulfide) groups is 1. The number of Topliss-reactive ketones (excluding diaryl/α,β-unsaturated/α-hetero) is 1. The van der Waals surface area contributed by atoms with Crippen LogP contribution in [0.2, 0.25) is 0 Å². The summed E-state index contributed by atoms with van der Waals surface area (Å²) in [6.07, 6.45) is 0. The van der Waals surface area contributed by atoms with Crippen LogP contribution in [0, 0.1) is 0 Å². The molecule has 0 saturated heterocycles. The van der Waals surface area contributed by atoms with Crippen LogP contribution >= 0.6 is 11.8 Å². The van der Waals surface area contributed by atoms with Crippen LogP contribution in [0.5, 0.6) is 11.5 Å². The number of fused-ring (bicyclic) bond motifs is 1. The summed E-state index contributed by atoms with van der Waals surface area (Å²) in [5.74, 6) is 1.36. The molecule has 4 rings (SSSR count). The maximum absolute atomic E-state index is 12.7. The Balaban J connectivity index is 1.60. The van der Waals surface area contributed by atoms with Gasteiger partial charge in [0.05, 0.1) is 20.0 Å². The van der Waals surface area contributed by atoms with E-state index in [-0.39, 0.29) is 11.5 Å². The zero-order valence-corrected chi connectivity index (χ0v) is 17.5. The van der Waals surface area contributed by atoms with Crippen LogP contribution in [0.15, 0.2) is 77.8 Å². The molecule has 5 nitrogen and oxygen atoms in total. The Hall–Kier alpha value is -3.38. The summed E-state index contributed by atoms with van der Waals surface area (Å²) in [7, 11) is 3.12. The van der Waals surface area contributed by atoms with Crippen LogP contribution in [0.3, 0.4) is 0 Å². The van der Waals surface area contributed by atoms with Gasteiger partial charge in [0.15, 0.2) is 17.3 Å². The van der Waals surface area contributed by atoms with Crippen LogP contribution in [0.4, 0.5) is 0 Å². The van der Waals surface area contributed by atoms with Crippen LogP contribution in [0.25, 0.3) is 22.0 Å². The van der Waals surface area contributed by atoms with Crippen molar-refractivity contribution >= 4 is 28.3 Å². The summed E-state index contributed by atoms with van der Waals surface area (Å²) in [6, 6.07) is 23.2. The summed E-state index contributed by atoms with van der Waals surface area (Å²) >= 11 is 1.38. The van der Waals surface area contributed by atoms with Gasteiger partial charge in [-0.2, -0.15) is 0 Å². The van der Waals surface area contributed by atoms with Gasteiger partial charge in [-0.15, -0.1) is 10.2 Å². The van der Waals surface area contributed by atoms with Crippen molar-refractivity contribution in [1.29, 1.82) is 0 Å². The molecule has 150 valence electrons. The molecule has 0 radical (unpaired) electrons. The van der Waals surface area contributed by atoms with E-state index in [1.165, 1.54) is 11.8 Å². The van der Waals surface area contributed by atoms with E-state index in [0.717, 1.165) is 27.1 Å². The molecular formula is C24H20N2O3S. The summed E-state index contributed by atoms with van der Waals surface area (Å²) in [4.78, 5) is 12.7. The largest absolute Gasteiger partial charge is 0.493 e. The van der Waals surface area contributed by atoms with E-state index in [0.29, 0.717) is 17.1 Å². The van der Waals surface area contributed by atoms with Gasteiger partial charge in [-0.05, 0) is 18.2 Å². The van der Waals surface area contributed by atoms with E-state index in [1.54, 1.807) is 32.4 Å². The van der Waals surface area contributed by atoms with Crippen LogP contribution in [0.1, 0.15) is 10.4 Å². The molecule has 0 bridgehead atoms. The first-order chi connectivity index (χ1) is 14.7. The third-order valence-electron chi connectivity index (χ3n) is 4.75. The van der Waals surface area contributed by atoms with Gasteiger partial charge in [-0.1, -0.05) is 66.4 Å². The average molecular weight is 417 g/mol. The fourth-order valence-corrected chi connectivity index (χ4v) is 4.09. The second-order valence-corrected chi connectivity index (χ2v) is 7.51. The van der Waals surface area contributed by atoms with Crippen LogP contribution < -0.4 is 9.47 Å². The molecule has 1 aromatic heterocycles. The molecule has 0 spiro atoms. The number of carbonyl (C=O) groups is 1. The van der Waals surface area contributed by atoms with Gasteiger partial charge < -0.3 is 9.47 Å². The van der Waals surface area contributed by atoms with Gasteiger partial charge in [0, 0.05) is 21.9 Å². The van der Waals surface area contributed by atoms with Crippen molar-refractivity contribution in [2.45, 2.75) is 5.03 Å². The number of hydrogen-bond donors (Lipinski definition) is 0. The van der Waals surface area contributed by atoms with Gasteiger partial charge in [0.2, 0.25) is 0 Å². The molecule has 4 aromatic rings. The zero-order valence-electron chi connectivity index (χ0n) is 16.7. The lowest BCUT2D eigenvalue weighted by molar-refractivity contribution is 0.102. The third-order valence-corrected chi connectivity index (χ3v) is 5.73. The molecule has 1 heterocycles. The lowest BCUT2D eigenvalue weighted by Crippen LogP contribution is -2.04. The molecule has 0 fully saturated rings. The fraction of sp³-hybridized carbons (Fsp3) is 0.125. The quantitative estimate of drug-likeness (QED) is 0.301. The number of rotatable bonds is 7. The van der Waals surface area contributed by atoms with Gasteiger partial charge in [0.1, 0.15) is 10.7 Å². The highest BCUT2D eigenvalue weighted by Crippen LogP contribution is 2.32. The number of ketones is 1. The van der Waals surface area contributed by atoms with E-state index in [9.17, 15) is 4.79 Å². The fourth-order valence-electron chi connectivity index (χ4n) is 3.22. The van der Waals surface area contributed by atoms with Crippen LogP contribution in [-0.2, 0) is 0 Å². The summed E-state index contributed by atoms with van der Waals surface area (Å²) in [6.45, 7) is 0. The molecule has 6 heteroatoms. The molecule has 30 heavy (non-hydrogen) atoms. The Morgan fingerprint density at radius 3 is 2.27 bits per heavy atom. The number of methoxy groups -OCH3 is 2. The van der Waals surface area contributed by atoms with Crippen molar-refractivity contribution in [3.8, 4) is 22.8 Å². The maximum atomic E-state index is 12.7. The molecule has 0 unspecified atom stereocenters. The Kier molecular flexibility index (Phi) is 5.95. The molecule has 0 amide bonds. The van der Waals surface area contributed by atoms with Gasteiger partial charge in [-0.25, -0.2) is 0 Å². The molecule has 0 aliphatic rings. The van der Waals surface area contributed by atoms with Crippen molar-refractivity contribution < 1.29 is 14.3 Å². The summed E-state index contributed by atoms with van der Waals surface area (Å²) in [5.41, 5.74) is 2.42. The average Bonchev–Trinajstić information content (AvgIpc) is 2.82. The highest BCUT2D eigenvalue weighted by Gasteiger charge is 2.15. The lowest BCUT2D eigenvalue weighted by Gasteiger charge is -2.10. The summed E-state index contributed by atoms with van der Waals surface area (Å²) in [5, 5.41) is 11.6. The highest BCUT2D eigenvalue weighted by atomic mass is 32.2. The van der Waals surface area contributed by atoms with Crippen molar-refractivity contribution in [3.05, 3.63) is 78.4 Å². The first-order valence-electron chi connectivity index (χ1n) is 9.40. The minimum absolute atomic E-state index is 0.0148. The molecule has 0 aliphatic carbocycles. The van der Waals surface area contributed by atoms with Crippen LogP contribution in [-0.4, -0.2) is 36.0 Å². The Labute approximate surface area is 179 Å². The molecule has 3 aromatic carbocycles. The highest BCUT2D eigenvalue weighted by molar-refractivity contribution is 8.00. The first kappa shape index (κ1) is 19.9. The van der Waals surface area contributed by atoms with Gasteiger partial charge >= 0.3 is 0 Å². The predicted molar refractivity (Wildman–Crippen MR) is 120 cm³/mol. The first-order valence-corrected chi connectivity index (χ1v) is 10.4. The number of carbonyl (C=O) groups excluding carboxylic acids is 1. The second kappa shape index (κ2) is 8.97. The molecule has 0 saturated carbocycles. The molecular weight excluding hydrogens is 396 g/mol. The van der Waals surface area contributed by atoms with Crippen molar-refractivity contribution in [3.63, 3.8) is 0 Å². The topological polar surface area (TPSA) is 61.3 Å². The molecule has 0 atom stereocenters. The number of hydrogen-bond acceptors (Lipinski definition) is 6. The number of aromatic nitrogens is 2. The van der Waals surface area contributed by atoms with E-state index < -0.39 is 0 Å².